The third kappa shape index (κ3) is 11.0. The molecule has 3 fully saturated rings. The molecule has 3 aliphatic rings. The second-order valence-corrected chi connectivity index (χ2v) is 19.3. The first-order valence-electron chi connectivity index (χ1n) is 20.5. The Morgan fingerprint density at radius 3 is 2.07 bits per heavy atom. The van der Waals surface area contributed by atoms with Crippen molar-refractivity contribution in [3.63, 3.8) is 0 Å². The molecule has 2 aromatic carbocycles. The number of nitrogen functional groups attached to an aromatic ring is 1. The number of carbonyl (C=O) groups is 4. The minimum atomic E-state index is -1.16. The van der Waals surface area contributed by atoms with Gasteiger partial charge in [0.1, 0.15) is 5.82 Å². The predicted octanol–water partition coefficient (Wildman–Crippen LogP) is 7.24. The molecular formula is C44H57Cl2N7O5S. The SMILES string of the molecule is CC(C)(C)[C@@H](CSN1CCN(C(=O)CCCC(=O)N2CCN(c3ccc(N)nc3)CC2)CC1)N1C(=O)[C@@](C)(CC(=O)O)C[C@H](c2cccc(Cl)c2)[C@H]1c1ccc(Cl)cc1. The Morgan fingerprint density at radius 2 is 1.51 bits per heavy atom. The molecule has 0 unspecified atom stereocenters. The van der Waals surface area contributed by atoms with Gasteiger partial charge >= 0.3 is 5.97 Å². The van der Waals surface area contributed by atoms with E-state index in [0.29, 0.717) is 86.6 Å². The summed E-state index contributed by atoms with van der Waals surface area (Å²) in [4.78, 5) is 65.7. The van der Waals surface area contributed by atoms with Crippen LogP contribution in [-0.4, -0.2) is 117 Å². The zero-order chi connectivity index (χ0) is 42.5. The van der Waals surface area contributed by atoms with E-state index in [1.165, 1.54) is 0 Å². The van der Waals surface area contributed by atoms with Crippen molar-refractivity contribution in [1.29, 1.82) is 0 Å². The van der Waals surface area contributed by atoms with E-state index >= 15 is 0 Å². The molecule has 3 N–H and O–H groups in total. The summed E-state index contributed by atoms with van der Waals surface area (Å²) in [5, 5.41) is 11.3. The summed E-state index contributed by atoms with van der Waals surface area (Å²) in [5.74, 6) is -0.233. The van der Waals surface area contributed by atoms with Gasteiger partial charge in [0, 0.05) is 93.0 Å². The molecule has 59 heavy (non-hydrogen) atoms. The number of hydrogen-bond acceptors (Lipinski definition) is 9. The number of anilines is 2. The Kier molecular flexibility index (Phi) is 14.4. The number of carboxylic acids is 1. The van der Waals surface area contributed by atoms with Gasteiger partial charge in [-0.2, -0.15) is 0 Å². The number of hydrogen-bond donors (Lipinski definition) is 2. The third-order valence-corrected chi connectivity index (χ3v) is 13.7. The van der Waals surface area contributed by atoms with E-state index in [2.05, 4.69) is 35.0 Å². The van der Waals surface area contributed by atoms with Crippen molar-refractivity contribution in [3.05, 3.63) is 88.0 Å². The highest BCUT2D eigenvalue weighted by atomic mass is 35.5. The molecule has 0 bridgehead atoms. The van der Waals surface area contributed by atoms with Gasteiger partial charge in [-0.25, -0.2) is 9.29 Å². The van der Waals surface area contributed by atoms with Gasteiger partial charge in [-0.15, -0.1) is 0 Å². The number of likely N-dealkylation sites (tertiary alicyclic amines) is 1. The van der Waals surface area contributed by atoms with Crippen LogP contribution in [0.3, 0.4) is 0 Å². The molecule has 0 aliphatic carbocycles. The standard InChI is InChI=1S/C44H57Cl2N7O5S/c1-43(2,3)36(53-41(30-11-13-32(45)14-12-30)35(31-7-5-8-33(46)25-31)26-44(4,42(53)58)27-40(56)57)29-59-52-23-21-51(22-24-52)39(55)10-6-9-38(54)50-19-17-49(18-20-50)34-15-16-37(47)48-28-34/h5,7-8,11-16,25,28,35-36,41H,6,9-10,17-24,26-27,29H2,1-4H3,(H2,47,48)(H,56,57)/t35-,36-,41-,44-/m1/s1. The summed E-state index contributed by atoms with van der Waals surface area (Å²) in [7, 11) is 0. The molecule has 15 heteroatoms. The highest BCUT2D eigenvalue weighted by Gasteiger charge is 2.54. The molecule has 3 amide bonds. The lowest BCUT2D eigenvalue weighted by Crippen LogP contribution is -2.60. The average molecular weight is 867 g/mol. The second kappa shape index (κ2) is 19.1. The number of aliphatic carboxylic acids is 1. The first kappa shape index (κ1) is 44.5. The van der Waals surface area contributed by atoms with Crippen molar-refractivity contribution < 1.29 is 24.3 Å². The quantitative estimate of drug-likeness (QED) is 0.169. The van der Waals surface area contributed by atoms with Gasteiger partial charge in [0.2, 0.25) is 17.7 Å². The van der Waals surface area contributed by atoms with Crippen molar-refractivity contribution in [3.8, 4) is 0 Å². The molecule has 0 radical (unpaired) electrons. The molecule has 0 spiro atoms. The lowest BCUT2D eigenvalue weighted by Gasteiger charge is -2.54. The zero-order valence-corrected chi connectivity index (χ0v) is 36.8. The van der Waals surface area contributed by atoms with Crippen LogP contribution >= 0.6 is 35.1 Å². The molecule has 3 aromatic rings. The summed E-state index contributed by atoms with van der Waals surface area (Å²) in [6.07, 6.45) is 2.99. The lowest BCUT2D eigenvalue weighted by molar-refractivity contribution is -0.162. The lowest BCUT2D eigenvalue weighted by atomic mass is 9.66. The maximum Gasteiger partial charge on any atom is 0.304 e. The van der Waals surface area contributed by atoms with Crippen molar-refractivity contribution in [2.24, 2.45) is 10.8 Å². The van der Waals surface area contributed by atoms with Crippen LogP contribution in [0.5, 0.6) is 0 Å². The van der Waals surface area contributed by atoms with Crippen LogP contribution in [0.25, 0.3) is 0 Å². The normalized spacial score (nSPS) is 22.4. The number of carbonyl (C=O) groups excluding carboxylic acids is 3. The molecule has 4 heterocycles. The van der Waals surface area contributed by atoms with E-state index in [1.54, 1.807) is 31.1 Å². The Bertz CT molecular complexity index is 1950. The van der Waals surface area contributed by atoms with Crippen molar-refractivity contribution in [2.75, 3.05) is 68.7 Å². The van der Waals surface area contributed by atoms with E-state index in [-0.39, 0.29) is 41.5 Å². The summed E-state index contributed by atoms with van der Waals surface area (Å²) in [6, 6.07) is 18.3. The maximum absolute atomic E-state index is 14.9. The molecule has 12 nitrogen and oxygen atoms in total. The van der Waals surface area contributed by atoms with Gasteiger partial charge in [-0.3, -0.25) is 19.2 Å². The number of nitrogens with zero attached hydrogens (tertiary/aromatic N) is 6. The van der Waals surface area contributed by atoms with Crippen LogP contribution in [0.2, 0.25) is 10.0 Å². The highest BCUT2D eigenvalue weighted by molar-refractivity contribution is 7.97. The van der Waals surface area contributed by atoms with Crippen LogP contribution < -0.4 is 10.6 Å². The molecule has 4 atom stereocenters. The van der Waals surface area contributed by atoms with E-state index in [1.807, 2.05) is 69.3 Å². The molecule has 3 saturated heterocycles. The van der Waals surface area contributed by atoms with Gasteiger partial charge in [0.05, 0.1) is 29.8 Å². The van der Waals surface area contributed by atoms with Crippen molar-refractivity contribution in [1.82, 2.24) is 24.0 Å². The van der Waals surface area contributed by atoms with Gasteiger partial charge in [-0.05, 0) is 65.8 Å². The average Bonchev–Trinajstić information content (AvgIpc) is 3.19. The fraction of sp³-hybridized carbons (Fsp3) is 0.523. The van der Waals surface area contributed by atoms with Crippen LogP contribution in [0, 0.1) is 10.8 Å². The molecule has 6 rings (SSSR count). The van der Waals surface area contributed by atoms with Crippen molar-refractivity contribution >= 4 is 70.3 Å². The summed E-state index contributed by atoms with van der Waals surface area (Å²) in [6.45, 7) is 13.3. The Labute approximate surface area is 362 Å². The number of piperazine rings is 2. The second-order valence-electron chi connectivity index (χ2n) is 17.4. The van der Waals surface area contributed by atoms with Crippen LogP contribution in [0.15, 0.2) is 66.9 Å². The van der Waals surface area contributed by atoms with Crippen LogP contribution in [-0.2, 0) is 19.2 Å². The minimum absolute atomic E-state index is 0.0604. The monoisotopic (exact) mass is 865 g/mol. The predicted molar refractivity (Wildman–Crippen MR) is 235 cm³/mol. The number of rotatable bonds is 13. The van der Waals surface area contributed by atoms with Gasteiger partial charge < -0.3 is 30.4 Å². The summed E-state index contributed by atoms with van der Waals surface area (Å²) in [5.41, 5.74) is 7.05. The Hall–Kier alpha value is -4.04. The molecular weight excluding hydrogens is 810 g/mol. The summed E-state index contributed by atoms with van der Waals surface area (Å²) < 4.78 is 2.27. The fourth-order valence-corrected chi connectivity index (χ4v) is 10.5. The topological polar surface area (TPSA) is 144 Å². The summed E-state index contributed by atoms with van der Waals surface area (Å²) >= 11 is 14.6. The van der Waals surface area contributed by atoms with Gasteiger partial charge in [0.15, 0.2) is 0 Å². The van der Waals surface area contributed by atoms with Crippen molar-refractivity contribution in [2.45, 2.75) is 77.8 Å². The van der Waals surface area contributed by atoms with Gasteiger partial charge in [0.25, 0.3) is 0 Å². The van der Waals surface area contributed by atoms with Crippen LogP contribution in [0.4, 0.5) is 11.5 Å². The minimum Gasteiger partial charge on any atom is -0.481 e. The highest BCUT2D eigenvalue weighted by Crippen LogP contribution is 2.53. The molecule has 3 aliphatic heterocycles. The Balaban J connectivity index is 1.08. The third-order valence-electron chi connectivity index (χ3n) is 12.0. The largest absolute Gasteiger partial charge is 0.481 e. The van der Waals surface area contributed by atoms with E-state index in [0.717, 1.165) is 29.9 Å². The molecule has 318 valence electrons. The van der Waals surface area contributed by atoms with E-state index in [9.17, 15) is 24.3 Å². The number of halogens is 2. The number of nitrogens with two attached hydrogens (primary N) is 1. The fourth-order valence-electron chi connectivity index (χ4n) is 8.72. The smallest absolute Gasteiger partial charge is 0.304 e. The molecule has 0 saturated carbocycles. The molecule has 1 aromatic heterocycles. The number of amides is 3. The zero-order valence-electron chi connectivity index (χ0n) is 34.5. The number of carboxylic acid groups (broad SMARTS) is 1. The number of benzene rings is 2. The van der Waals surface area contributed by atoms with E-state index in [4.69, 9.17) is 28.9 Å². The maximum atomic E-state index is 14.9. The number of pyridine rings is 1. The number of piperidine rings is 1. The first-order valence-corrected chi connectivity index (χ1v) is 22.2. The first-order chi connectivity index (χ1) is 28.0. The van der Waals surface area contributed by atoms with Crippen LogP contribution in [0.1, 0.15) is 82.9 Å². The Morgan fingerprint density at radius 1 is 0.881 bits per heavy atom. The van der Waals surface area contributed by atoms with E-state index < -0.39 is 17.4 Å². The number of aromatic nitrogens is 1. The van der Waals surface area contributed by atoms with Gasteiger partial charge in [-0.1, -0.05) is 87.1 Å².